The Balaban J connectivity index is 4.91. The molecule has 0 bridgehead atoms. The van der Waals surface area contributed by atoms with E-state index in [0.717, 1.165) is 6.04 Å². The Morgan fingerprint density at radius 2 is 1.21 bits per heavy atom. The molecule has 0 unspecified atom stereocenters. The zero-order valence-corrected chi connectivity index (χ0v) is 12.0. The molecule has 0 saturated carbocycles. The third kappa shape index (κ3) is 3.37. The van der Waals surface area contributed by atoms with Gasteiger partial charge in [-0.3, -0.25) is 0 Å². The Bertz CT molecular complexity index is 173. The molecule has 86 valence electrons. The van der Waals surface area contributed by atoms with Crippen LogP contribution in [-0.2, 0) is 8.85 Å². The molecule has 0 aromatic rings. The predicted octanol–water partition coefficient (Wildman–Crippen LogP) is 3.57. The third-order valence-corrected chi connectivity index (χ3v) is 7.70. The van der Waals surface area contributed by atoms with Crippen LogP contribution >= 0.6 is 0 Å². The van der Waals surface area contributed by atoms with Gasteiger partial charge < -0.3 is 8.85 Å². The fourth-order valence-corrected chi connectivity index (χ4v) is 5.41. The SMILES string of the molecule is CO[Si](CC(C)(C)C)(OC)C(C)(C)C. The van der Waals surface area contributed by atoms with Gasteiger partial charge in [-0.05, 0) is 11.5 Å². The minimum absolute atomic E-state index is 0.115. The minimum atomic E-state index is -2.08. The largest absolute Gasteiger partial charge is 0.397 e. The van der Waals surface area contributed by atoms with Crippen LogP contribution in [0.5, 0.6) is 0 Å². The average molecular weight is 218 g/mol. The van der Waals surface area contributed by atoms with Gasteiger partial charge in [0.2, 0.25) is 0 Å². The molecule has 14 heavy (non-hydrogen) atoms. The molecule has 0 atom stereocenters. The van der Waals surface area contributed by atoms with Crippen molar-refractivity contribution in [2.75, 3.05) is 14.2 Å². The van der Waals surface area contributed by atoms with Crippen LogP contribution < -0.4 is 0 Å². The Hall–Kier alpha value is 0.137. The summed E-state index contributed by atoms with van der Waals surface area (Å²) < 4.78 is 11.5. The lowest BCUT2D eigenvalue weighted by Crippen LogP contribution is -2.51. The van der Waals surface area contributed by atoms with Gasteiger partial charge in [0.1, 0.15) is 0 Å². The minimum Gasteiger partial charge on any atom is -0.397 e. The Labute approximate surface area is 90.2 Å². The maximum absolute atomic E-state index is 5.74. The van der Waals surface area contributed by atoms with E-state index in [4.69, 9.17) is 8.85 Å². The molecule has 0 N–H and O–H groups in total. The molecule has 0 aliphatic rings. The van der Waals surface area contributed by atoms with Gasteiger partial charge in [-0.25, -0.2) is 0 Å². The second-order valence-corrected chi connectivity index (χ2v) is 10.3. The van der Waals surface area contributed by atoms with Crippen LogP contribution in [0.25, 0.3) is 0 Å². The lowest BCUT2D eigenvalue weighted by atomic mass is 10.0. The van der Waals surface area contributed by atoms with Gasteiger partial charge in [0, 0.05) is 19.3 Å². The van der Waals surface area contributed by atoms with Gasteiger partial charge in [0.25, 0.3) is 0 Å². The van der Waals surface area contributed by atoms with E-state index < -0.39 is 8.56 Å². The topological polar surface area (TPSA) is 18.5 Å². The highest BCUT2D eigenvalue weighted by Gasteiger charge is 2.49. The van der Waals surface area contributed by atoms with E-state index in [1.807, 2.05) is 0 Å². The van der Waals surface area contributed by atoms with Gasteiger partial charge in [-0.2, -0.15) is 0 Å². The highest BCUT2D eigenvalue weighted by Crippen LogP contribution is 2.44. The summed E-state index contributed by atoms with van der Waals surface area (Å²) in [6, 6.07) is 1.02. The molecule has 0 aliphatic heterocycles. The highest BCUT2D eigenvalue weighted by molar-refractivity contribution is 6.70. The molecular formula is C11H26O2Si. The molecule has 0 aromatic heterocycles. The first-order chi connectivity index (χ1) is 6.08. The summed E-state index contributed by atoms with van der Waals surface area (Å²) in [5.41, 5.74) is 0.255. The zero-order valence-electron chi connectivity index (χ0n) is 11.0. The first-order valence-electron chi connectivity index (χ1n) is 5.18. The van der Waals surface area contributed by atoms with Crippen LogP contribution in [0, 0.1) is 5.41 Å². The third-order valence-electron chi connectivity index (χ3n) is 2.57. The maximum atomic E-state index is 5.74. The van der Waals surface area contributed by atoms with Crippen LogP contribution in [-0.4, -0.2) is 22.8 Å². The molecule has 2 nitrogen and oxygen atoms in total. The Morgan fingerprint density at radius 3 is 1.29 bits per heavy atom. The molecule has 0 aromatic carbocycles. The molecule has 0 amide bonds. The van der Waals surface area contributed by atoms with Crippen molar-refractivity contribution in [3.8, 4) is 0 Å². The second-order valence-electron chi connectivity index (χ2n) is 6.15. The van der Waals surface area contributed by atoms with E-state index in [1.165, 1.54) is 0 Å². The molecule has 0 rings (SSSR count). The van der Waals surface area contributed by atoms with Gasteiger partial charge in [0.15, 0.2) is 0 Å². The quantitative estimate of drug-likeness (QED) is 0.674. The summed E-state index contributed by atoms with van der Waals surface area (Å²) in [7, 11) is 1.49. The molecule has 0 radical (unpaired) electrons. The van der Waals surface area contributed by atoms with E-state index in [0.29, 0.717) is 0 Å². The van der Waals surface area contributed by atoms with Crippen molar-refractivity contribution < 1.29 is 8.85 Å². The number of hydrogen-bond donors (Lipinski definition) is 0. The van der Waals surface area contributed by atoms with E-state index >= 15 is 0 Å². The fraction of sp³-hybridized carbons (Fsp3) is 1.00. The van der Waals surface area contributed by atoms with Crippen LogP contribution in [0.2, 0.25) is 11.1 Å². The number of hydrogen-bond acceptors (Lipinski definition) is 2. The first kappa shape index (κ1) is 14.1. The van der Waals surface area contributed by atoms with Crippen molar-refractivity contribution in [2.24, 2.45) is 5.41 Å². The van der Waals surface area contributed by atoms with Crippen LogP contribution in [0.1, 0.15) is 41.5 Å². The van der Waals surface area contributed by atoms with E-state index in [9.17, 15) is 0 Å². The summed E-state index contributed by atoms with van der Waals surface area (Å²) in [5.74, 6) is 0. The summed E-state index contributed by atoms with van der Waals surface area (Å²) in [6.07, 6.45) is 0. The maximum Gasteiger partial charge on any atom is 0.343 e. The van der Waals surface area contributed by atoms with Crippen molar-refractivity contribution in [3.05, 3.63) is 0 Å². The molecule has 0 saturated heterocycles. The molecule has 0 aliphatic carbocycles. The monoisotopic (exact) mass is 218 g/mol. The van der Waals surface area contributed by atoms with Crippen LogP contribution in [0.3, 0.4) is 0 Å². The highest BCUT2D eigenvalue weighted by atomic mass is 28.4. The predicted molar refractivity (Wildman–Crippen MR) is 63.7 cm³/mol. The zero-order chi connectivity index (χ0) is 11.6. The molecule has 0 heterocycles. The standard InChI is InChI=1S/C11H26O2Si/c1-10(2,3)9-14(12-7,13-8)11(4,5)6/h9H2,1-8H3. The summed E-state index contributed by atoms with van der Waals surface area (Å²) in [5, 5.41) is 0.115. The van der Waals surface area contributed by atoms with Gasteiger partial charge in [-0.1, -0.05) is 41.5 Å². The lowest BCUT2D eigenvalue weighted by Gasteiger charge is -2.42. The second kappa shape index (κ2) is 4.33. The van der Waals surface area contributed by atoms with Crippen LogP contribution in [0.4, 0.5) is 0 Å². The molecular weight excluding hydrogens is 192 g/mol. The smallest absolute Gasteiger partial charge is 0.343 e. The van der Waals surface area contributed by atoms with Gasteiger partial charge in [-0.15, -0.1) is 0 Å². The van der Waals surface area contributed by atoms with Crippen molar-refractivity contribution in [2.45, 2.75) is 52.6 Å². The first-order valence-corrected chi connectivity index (χ1v) is 7.21. The normalized spacial score (nSPS) is 14.6. The van der Waals surface area contributed by atoms with Gasteiger partial charge in [0.05, 0.1) is 0 Å². The van der Waals surface area contributed by atoms with Crippen molar-refractivity contribution in [1.82, 2.24) is 0 Å². The summed E-state index contributed by atoms with van der Waals surface area (Å²) >= 11 is 0. The molecule has 3 heteroatoms. The Morgan fingerprint density at radius 1 is 0.857 bits per heavy atom. The van der Waals surface area contributed by atoms with Crippen molar-refractivity contribution in [1.29, 1.82) is 0 Å². The molecule has 0 spiro atoms. The average Bonchev–Trinajstić information content (AvgIpc) is 1.96. The lowest BCUT2D eigenvalue weighted by molar-refractivity contribution is 0.198. The van der Waals surface area contributed by atoms with E-state index in [1.54, 1.807) is 14.2 Å². The number of rotatable bonds is 3. The van der Waals surface area contributed by atoms with Crippen LogP contribution in [0.15, 0.2) is 0 Å². The summed E-state index contributed by atoms with van der Waals surface area (Å²) in [6.45, 7) is 13.3. The van der Waals surface area contributed by atoms with Crippen molar-refractivity contribution in [3.63, 3.8) is 0 Å². The summed E-state index contributed by atoms with van der Waals surface area (Å²) in [4.78, 5) is 0. The van der Waals surface area contributed by atoms with Gasteiger partial charge >= 0.3 is 8.56 Å². The molecule has 0 fully saturated rings. The van der Waals surface area contributed by atoms with E-state index in [-0.39, 0.29) is 10.5 Å². The van der Waals surface area contributed by atoms with Crippen molar-refractivity contribution >= 4 is 8.56 Å². The van der Waals surface area contributed by atoms with E-state index in [2.05, 4.69) is 41.5 Å². The Kier molecular flexibility index (Phi) is 4.37. The fourth-order valence-electron chi connectivity index (χ4n) is 1.80.